The molecule has 0 heterocycles. The molecule has 0 saturated heterocycles. The van der Waals surface area contributed by atoms with Crippen LogP contribution in [-0.2, 0) is 0 Å². The summed E-state index contributed by atoms with van der Waals surface area (Å²) in [6.07, 6.45) is 15.6. The van der Waals surface area contributed by atoms with Crippen LogP contribution in [0.15, 0.2) is 12.1 Å². The van der Waals surface area contributed by atoms with Crippen molar-refractivity contribution in [2.45, 2.75) is 89.9 Å². The number of hydrogen-bond acceptors (Lipinski definition) is 0. The molecule has 1 aromatic rings. The summed E-state index contributed by atoms with van der Waals surface area (Å²) in [5, 5.41) is 0. The van der Waals surface area contributed by atoms with Crippen LogP contribution < -0.4 is 0 Å². The number of hydrogen-bond donors (Lipinski definition) is 0. The first-order valence-corrected chi connectivity index (χ1v) is 11.1. The fraction of sp³-hybridized carbons (Fsp3) is 0.750. The van der Waals surface area contributed by atoms with Gasteiger partial charge >= 0.3 is 0 Å². The molecule has 27 heavy (non-hydrogen) atoms. The van der Waals surface area contributed by atoms with Crippen molar-refractivity contribution in [3.8, 4) is 0 Å². The van der Waals surface area contributed by atoms with Crippen molar-refractivity contribution in [3.63, 3.8) is 0 Å². The molecular weight excluding hydrogens is 345 g/mol. The summed E-state index contributed by atoms with van der Waals surface area (Å²) >= 11 is 0. The summed E-state index contributed by atoms with van der Waals surface area (Å²) in [4.78, 5) is 0. The highest BCUT2D eigenvalue weighted by molar-refractivity contribution is 5.23. The molecular formula is C24H33F3. The Morgan fingerprint density at radius 2 is 1.41 bits per heavy atom. The molecule has 0 atom stereocenters. The predicted molar refractivity (Wildman–Crippen MR) is 103 cm³/mol. The molecule has 150 valence electrons. The Hall–Kier alpha value is -0.990. The lowest BCUT2D eigenvalue weighted by molar-refractivity contribution is -0.0156. The van der Waals surface area contributed by atoms with Crippen LogP contribution >= 0.6 is 0 Å². The van der Waals surface area contributed by atoms with E-state index < -0.39 is 17.5 Å². The van der Waals surface area contributed by atoms with Gasteiger partial charge in [-0.2, -0.15) is 0 Å². The fourth-order valence-corrected chi connectivity index (χ4v) is 6.64. The average molecular weight is 379 g/mol. The fourth-order valence-electron chi connectivity index (χ4n) is 6.64. The van der Waals surface area contributed by atoms with Gasteiger partial charge in [0, 0.05) is 0 Å². The van der Waals surface area contributed by atoms with E-state index in [0.29, 0.717) is 11.0 Å². The predicted octanol–water partition coefficient (Wildman–Crippen LogP) is 7.76. The zero-order valence-electron chi connectivity index (χ0n) is 16.6. The van der Waals surface area contributed by atoms with Gasteiger partial charge in [0.05, 0.1) is 0 Å². The van der Waals surface area contributed by atoms with E-state index in [1.807, 2.05) is 0 Å². The molecule has 0 aromatic heterocycles. The van der Waals surface area contributed by atoms with Gasteiger partial charge in [0.15, 0.2) is 17.5 Å². The van der Waals surface area contributed by atoms with E-state index in [1.54, 1.807) is 0 Å². The Morgan fingerprint density at radius 1 is 0.852 bits per heavy atom. The van der Waals surface area contributed by atoms with Gasteiger partial charge in [-0.15, -0.1) is 0 Å². The molecule has 0 N–H and O–H groups in total. The van der Waals surface area contributed by atoms with Crippen LogP contribution in [0.4, 0.5) is 13.2 Å². The van der Waals surface area contributed by atoms with Crippen LogP contribution in [0, 0.1) is 40.6 Å². The van der Waals surface area contributed by atoms with Crippen LogP contribution in [0.25, 0.3) is 0 Å². The highest BCUT2D eigenvalue weighted by Crippen LogP contribution is 2.58. The first kappa shape index (κ1) is 19.3. The summed E-state index contributed by atoms with van der Waals surface area (Å²) in [6, 6.07) is 2.41. The van der Waals surface area contributed by atoms with E-state index in [9.17, 15) is 13.2 Å². The molecule has 3 fully saturated rings. The minimum absolute atomic E-state index is 0.183. The Labute approximate surface area is 161 Å². The van der Waals surface area contributed by atoms with Gasteiger partial charge in [0.25, 0.3) is 0 Å². The van der Waals surface area contributed by atoms with Crippen molar-refractivity contribution in [1.29, 1.82) is 0 Å². The van der Waals surface area contributed by atoms with E-state index in [1.165, 1.54) is 63.5 Å². The number of halogens is 3. The van der Waals surface area contributed by atoms with Gasteiger partial charge in [0.1, 0.15) is 0 Å². The summed E-state index contributed by atoms with van der Waals surface area (Å²) in [5.74, 6) is -0.636. The monoisotopic (exact) mass is 378 g/mol. The molecule has 3 aliphatic carbocycles. The average Bonchev–Trinajstić information content (AvgIpc) is 2.65. The zero-order valence-corrected chi connectivity index (χ0v) is 16.6. The molecule has 1 spiro atoms. The highest BCUT2D eigenvalue weighted by atomic mass is 19.2. The second kappa shape index (κ2) is 7.79. The molecule has 0 radical (unpaired) electrons. The lowest BCUT2D eigenvalue weighted by atomic mass is 9.52. The quantitative estimate of drug-likeness (QED) is 0.470. The SMILES string of the molecule is CCCC1CC2(CCC(C3CCC(c4cc(F)c(F)c(F)c4)CC3)CC2)C1. The van der Waals surface area contributed by atoms with Gasteiger partial charge in [-0.05, 0) is 111 Å². The van der Waals surface area contributed by atoms with Crippen molar-refractivity contribution < 1.29 is 13.2 Å². The molecule has 3 saturated carbocycles. The first-order chi connectivity index (χ1) is 13.0. The third-order valence-electron chi connectivity index (χ3n) is 8.15. The Balaban J connectivity index is 1.27. The Morgan fingerprint density at radius 3 is 1.96 bits per heavy atom. The molecule has 0 nitrogen and oxygen atoms in total. The zero-order chi connectivity index (χ0) is 19.0. The van der Waals surface area contributed by atoms with Crippen LogP contribution in [0.1, 0.15) is 95.5 Å². The van der Waals surface area contributed by atoms with Gasteiger partial charge < -0.3 is 0 Å². The maximum Gasteiger partial charge on any atom is 0.194 e. The largest absolute Gasteiger partial charge is 0.204 e. The van der Waals surface area contributed by atoms with Crippen LogP contribution in [0.2, 0.25) is 0 Å². The van der Waals surface area contributed by atoms with E-state index in [0.717, 1.165) is 43.4 Å². The van der Waals surface area contributed by atoms with E-state index in [4.69, 9.17) is 0 Å². The lowest BCUT2D eigenvalue weighted by Crippen LogP contribution is -2.41. The molecule has 0 unspecified atom stereocenters. The smallest absolute Gasteiger partial charge is 0.194 e. The molecule has 3 aliphatic rings. The summed E-state index contributed by atoms with van der Waals surface area (Å²) < 4.78 is 40.3. The van der Waals surface area contributed by atoms with Crippen molar-refractivity contribution in [2.75, 3.05) is 0 Å². The summed E-state index contributed by atoms with van der Waals surface area (Å²) in [5.41, 5.74) is 1.33. The standard InChI is InChI=1S/C24H33F3/c1-2-3-16-14-24(15-16)10-8-19(9-11-24)17-4-6-18(7-5-17)20-12-21(25)23(27)22(26)13-20/h12-13,16-19H,2-11,14-15H2,1H3. The second-order valence-electron chi connectivity index (χ2n) is 9.81. The van der Waals surface area contributed by atoms with Crippen molar-refractivity contribution >= 4 is 0 Å². The maximum absolute atomic E-state index is 13.5. The Bertz CT molecular complexity index is 621. The van der Waals surface area contributed by atoms with Gasteiger partial charge in [0.2, 0.25) is 0 Å². The molecule has 0 amide bonds. The summed E-state index contributed by atoms with van der Waals surface area (Å²) in [6.45, 7) is 2.30. The number of rotatable bonds is 4. The molecule has 4 rings (SSSR count). The summed E-state index contributed by atoms with van der Waals surface area (Å²) in [7, 11) is 0. The molecule has 3 heteroatoms. The molecule has 0 aliphatic heterocycles. The van der Waals surface area contributed by atoms with Crippen molar-refractivity contribution in [2.24, 2.45) is 23.2 Å². The van der Waals surface area contributed by atoms with Crippen LogP contribution in [-0.4, -0.2) is 0 Å². The molecule has 1 aromatic carbocycles. The van der Waals surface area contributed by atoms with Gasteiger partial charge in [-0.3, -0.25) is 0 Å². The van der Waals surface area contributed by atoms with Gasteiger partial charge in [-0.25, -0.2) is 13.2 Å². The van der Waals surface area contributed by atoms with Crippen molar-refractivity contribution in [3.05, 3.63) is 35.1 Å². The lowest BCUT2D eigenvalue weighted by Gasteiger charge is -2.53. The van der Waals surface area contributed by atoms with E-state index >= 15 is 0 Å². The molecule has 0 bridgehead atoms. The third-order valence-corrected chi connectivity index (χ3v) is 8.15. The first-order valence-electron chi connectivity index (χ1n) is 11.1. The van der Waals surface area contributed by atoms with E-state index in [-0.39, 0.29) is 5.92 Å². The topological polar surface area (TPSA) is 0 Å². The number of benzene rings is 1. The van der Waals surface area contributed by atoms with Crippen LogP contribution in [0.3, 0.4) is 0 Å². The second-order valence-corrected chi connectivity index (χ2v) is 9.81. The van der Waals surface area contributed by atoms with Crippen molar-refractivity contribution in [1.82, 2.24) is 0 Å². The van der Waals surface area contributed by atoms with E-state index in [2.05, 4.69) is 6.92 Å². The Kier molecular flexibility index (Phi) is 5.58. The maximum atomic E-state index is 13.5. The third kappa shape index (κ3) is 3.93. The highest BCUT2D eigenvalue weighted by Gasteiger charge is 2.46. The van der Waals surface area contributed by atoms with Crippen LogP contribution in [0.5, 0.6) is 0 Å². The minimum Gasteiger partial charge on any atom is -0.204 e. The minimum atomic E-state index is -1.35. The normalized spacial score (nSPS) is 36.6. The van der Waals surface area contributed by atoms with Gasteiger partial charge in [-0.1, -0.05) is 19.8 Å².